The fourth-order valence-electron chi connectivity index (χ4n) is 2.45. The average molecular weight is 410 g/mol. The van der Waals surface area contributed by atoms with Gasteiger partial charge in [-0.1, -0.05) is 15.9 Å². The van der Waals surface area contributed by atoms with Gasteiger partial charge >= 0.3 is 6.03 Å². The number of fused-ring (bicyclic) bond motifs is 1. The van der Waals surface area contributed by atoms with Crippen molar-refractivity contribution in [1.29, 1.82) is 0 Å². The molecule has 2 aromatic rings. The van der Waals surface area contributed by atoms with Crippen molar-refractivity contribution in [2.45, 2.75) is 18.4 Å². The number of urea groups is 1. The molecule has 0 bridgehead atoms. The molecule has 1 heterocycles. The van der Waals surface area contributed by atoms with Crippen LogP contribution in [-0.4, -0.2) is 26.4 Å². The van der Waals surface area contributed by atoms with Crippen LogP contribution in [0.5, 0.6) is 0 Å². The van der Waals surface area contributed by atoms with Crippen LogP contribution in [0.2, 0.25) is 0 Å². The van der Waals surface area contributed by atoms with Crippen molar-refractivity contribution in [3.8, 4) is 0 Å². The van der Waals surface area contributed by atoms with Crippen LogP contribution in [0.4, 0.5) is 16.2 Å². The summed E-state index contributed by atoms with van der Waals surface area (Å²) < 4.78 is 28.5. The van der Waals surface area contributed by atoms with Crippen LogP contribution in [0.1, 0.15) is 11.1 Å². The van der Waals surface area contributed by atoms with Gasteiger partial charge in [-0.3, -0.25) is 4.72 Å². The Balaban J connectivity index is 1.89. The Labute approximate surface area is 149 Å². The van der Waals surface area contributed by atoms with Crippen LogP contribution in [0.15, 0.2) is 45.8 Å². The number of amides is 2. The minimum absolute atomic E-state index is 0.179. The fraction of sp³-hybridized carbons (Fsp3) is 0.188. The van der Waals surface area contributed by atoms with Crippen LogP contribution in [0.25, 0.3) is 0 Å². The zero-order chi connectivity index (χ0) is 17.5. The van der Waals surface area contributed by atoms with Crippen LogP contribution in [0, 0.1) is 6.92 Å². The first-order chi connectivity index (χ1) is 11.3. The Morgan fingerprint density at radius 2 is 1.96 bits per heavy atom. The maximum atomic E-state index is 12.5. The van der Waals surface area contributed by atoms with Gasteiger partial charge in [0.1, 0.15) is 0 Å². The zero-order valence-corrected chi connectivity index (χ0v) is 15.5. The summed E-state index contributed by atoms with van der Waals surface area (Å²) >= 11 is 3.36. The van der Waals surface area contributed by atoms with E-state index in [4.69, 9.17) is 0 Å². The Bertz CT molecular complexity index is 928. The number of nitrogens with one attached hydrogen (secondary N) is 2. The molecule has 0 radical (unpaired) electrons. The molecule has 0 aromatic heterocycles. The van der Waals surface area contributed by atoms with Gasteiger partial charge in [0.2, 0.25) is 0 Å². The number of hydrogen-bond donors (Lipinski definition) is 2. The van der Waals surface area contributed by atoms with Gasteiger partial charge in [-0.25, -0.2) is 13.2 Å². The highest BCUT2D eigenvalue weighted by Crippen LogP contribution is 2.27. The Morgan fingerprint density at radius 1 is 1.21 bits per heavy atom. The van der Waals surface area contributed by atoms with Gasteiger partial charge in [-0.2, -0.15) is 0 Å². The van der Waals surface area contributed by atoms with Crippen molar-refractivity contribution >= 4 is 43.4 Å². The van der Waals surface area contributed by atoms with E-state index in [1.165, 1.54) is 4.90 Å². The molecule has 0 fully saturated rings. The number of carbonyl (C=O) groups excluding carboxylic acids is 1. The molecule has 3 rings (SSSR count). The number of carbonyl (C=O) groups is 1. The summed E-state index contributed by atoms with van der Waals surface area (Å²) in [5, 5.41) is 2.75. The van der Waals surface area contributed by atoms with Crippen LogP contribution < -0.4 is 10.0 Å². The molecule has 24 heavy (non-hydrogen) atoms. The molecule has 6 nitrogen and oxygen atoms in total. The quantitative estimate of drug-likeness (QED) is 0.813. The Kier molecular flexibility index (Phi) is 4.27. The first kappa shape index (κ1) is 16.8. The molecule has 1 aliphatic rings. The van der Waals surface area contributed by atoms with E-state index in [2.05, 4.69) is 26.0 Å². The van der Waals surface area contributed by atoms with Gasteiger partial charge in [-0.15, -0.1) is 0 Å². The van der Waals surface area contributed by atoms with Gasteiger partial charge in [-0.05, 0) is 54.4 Å². The lowest BCUT2D eigenvalue weighted by atomic mass is 10.1. The highest BCUT2D eigenvalue weighted by atomic mass is 79.9. The molecular formula is C16H16BrN3O3S. The van der Waals surface area contributed by atoms with Crippen molar-refractivity contribution in [2.24, 2.45) is 0 Å². The number of hydrogen-bond acceptors (Lipinski definition) is 3. The summed E-state index contributed by atoms with van der Waals surface area (Å²) in [6.45, 7) is 2.26. The number of anilines is 2. The lowest BCUT2D eigenvalue weighted by Crippen LogP contribution is -2.35. The molecule has 8 heteroatoms. The first-order valence-corrected chi connectivity index (χ1v) is 9.48. The van der Waals surface area contributed by atoms with Crippen molar-refractivity contribution in [3.63, 3.8) is 0 Å². The average Bonchev–Trinajstić information content (AvgIpc) is 2.51. The van der Waals surface area contributed by atoms with E-state index >= 15 is 0 Å². The summed E-state index contributed by atoms with van der Waals surface area (Å²) in [7, 11) is -1.99. The van der Waals surface area contributed by atoms with Gasteiger partial charge in [0.15, 0.2) is 0 Å². The van der Waals surface area contributed by atoms with E-state index in [-0.39, 0.29) is 10.9 Å². The maximum absolute atomic E-state index is 12.5. The lowest BCUT2D eigenvalue weighted by Gasteiger charge is -2.26. The Hall–Kier alpha value is -2.06. The van der Waals surface area contributed by atoms with E-state index in [0.29, 0.717) is 17.9 Å². The topological polar surface area (TPSA) is 78.5 Å². The molecular weight excluding hydrogens is 394 g/mol. The second-order valence-corrected chi connectivity index (χ2v) is 8.21. The van der Waals surface area contributed by atoms with Crippen LogP contribution in [-0.2, 0) is 16.6 Å². The molecule has 0 spiro atoms. The fourth-order valence-corrected chi connectivity index (χ4v) is 3.83. The molecule has 2 aromatic carbocycles. The highest BCUT2D eigenvalue weighted by Gasteiger charge is 2.21. The van der Waals surface area contributed by atoms with Crippen molar-refractivity contribution in [2.75, 3.05) is 17.1 Å². The third-order valence-corrected chi connectivity index (χ3v) is 6.06. The van der Waals surface area contributed by atoms with Crippen LogP contribution in [0.3, 0.4) is 0 Å². The zero-order valence-electron chi connectivity index (χ0n) is 13.1. The summed E-state index contributed by atoms with van der Waals surface area (Å²) in [6, 6.07) is 9.75. The third kappa shape index (κ3) is 3.25. The van der Waals surface area contributed by atoms with E-state index in [1.54, 1.807) is 43.4 Å². The number of halogens is 1. The monoisotopic (exact) mass is 409 g/mol. The van der Waals surface area contributed by atoms with Gasteiger partial charge in [0, 0.05) is 29.4 Å². The molecule has 0 saturated heterocycles. The van der Waals surface area contributed by atoms with Gasteiger partial charge in [0.05, 0.1) is 4.90 Å². The molecule has 2 N–H and O–H groups in total. The predicted octanol–water partition coefficient (Wildman–Crippen LogP) is 3.54. The number of sulfonamides is 1. The second kappa shape index (κ2) is 6.10. The van der Waals surface area contributed by atoms with E-state index in [9.17, 15) is 13.2 Å². The molecule has 126 valence electrons. The van der Waals surface area contributed by atoms with E-state index in [0.717, 1.165) is 15.6 Å². The SMILES string of the molecule is Cc1cc(S(=O)(=O)Nc2ccc3c(c2)CN(C)C(=O)N3)ccc1Br. The standard InChI is InChI=1S/C16H16BrN3O3S/c1-10-7-13(4-5-14(10)17)24(22,23)19-12-3-6-15-11(8-12)9-20(2)16(21)18-15/h3-8,19H,9H2,1-2H3,(H,18,21). The van der Waals surface area contributed by atoms with Gasteiger partial charge in [0.25, 0.3) is 10.0 Å². The van der Waals surface area contributed by atoms with Gasteiger partial charge < -0.3 is 10.2 Å². The van der Waals surface area contributed by atoms with Crippen molar-refractivity contribution < 1.29 is 13.2 Å². The summed E-state index contributed by atoms with van der Waals surface area (Å²) in [5.74, 6) is 0. The van der Waals surface area contributed by atoms with Crippen LogP contribution >= 0.6 is 15.9 Å². The Morgan fingerprint density at radius 3 is 2.67 bits per heavy atom. The van der Waals surface area contributed by atoms with E-state index in [1.807, 2.05) is 6.92 Å². The molecule has 0 unspecified atom stereocenters. The summed E-state index contributed by atoms with van der Waals surface area (Å²) in [5.41, 5.74) is 2.84. The minimum atomic E-state index is -3.68. The number of nitrogens with zero attached hydrogens (tertiary/aromatic N) is 1. The summed E-state index contributed by atoms with van der Waals surface area (Å²) in [4.78, 5) is 13.3. The highest BCUT2D eigenvalue weighted by molar-refractivity contribution is 9.10. The normalized spacial score (nSPS) is 14.1. The van der Waals surface area contributed by atoms with Crippen molar-refractivity contribution in [3.05, 3.63) is 52.0 Å². The molecule has 2 amide bonds. The molecule has 1 aliphatic heterocycles. The van der Waals surface area contributed by atoms with E-state index < -0.39 is 10.0 Å². The lowest BCUT2D eigenvalue weighted by molar-refractivity contribution is 0.218. The molecule has 0 aliphatic carbocycles. The number of aryl methyl sites for hydroxylation is 1. The minimum Gasteiger partial charge on any atom is -0.323 e. The summed E-state index contributed by atoms with van der Waals surface area (Å²) in [6.07, 6.45) is 0. The number of benzene rings is 2. The molecule has 0 atom stereocenters. The first-order valence-electron chi connectivity index (χ1n) is 7.20. The third-order valence-electron chi connectivity index (χ3n) is 3.79. The maximum Gasteiger partial charge on any atom is 0.321 e. The van der Waals surface area contributed by atoms with Crippen molar-refractivity contribution in [1.82, 2.24) is 4.90 Å². The predicted molar refractivity (Wildman–Crippen MR) is 96.6 cm³/mol. The largest absolute Gasteiger partial charge is 0.323 e. The smallest absolute Gasteiger partial charge is 0.321 e. The number of rotatable bonds is 3. The second-order valence-electron chi connectivity index (χ2n) is 5.67. The molecule has 0 saturated carbocycles.